The number of hydrogen-bond donors (Lipinski definition) is 0. The number of para-hydroxylation sites is 2. The van der Waals surface area contributed by atoms with E-state index in [2.05, 4.69) is 108 Å². The van der Waals surface area contributed by atoms with E-state index in [1.807, 2.05) is 0 Å². The van der Waals surface area contributed by atoms with Gasteiger partial charge < -0.3 is 0 Å². The quantitative estimate of drug-likeness (QED) is 0.401. The largest absolute Gasteiger partial charge is 0.244 e. The van der Waals surface area contributed by atoms with Crippen molar-refractivity contribution < 1.29 is 4.58 Å². The van der Waals surface area contributed by atoms with Gasteiger partial charge in [0.05, 0.1) is 0 Å². The fourth-order valence-corrected chi connectivity index (χ4v) is 4.90. The van der Waals surface area contributed by atoms with Crippen LogP contribution in [0, 0.1) is 11.8 Å². The van der Waals surface area contributed by atoms with Crippen molar-refractivity contribution in [1.82, 2.24) is 0 Å². The minimum absolute atomic E-state index is 0.515. The Balaban J connectivity index is 2.11. The van der Waals surface area contributed by atoms with Crippen molar-refractivity contribution in [2.75, 3.05) is 18.0 Å². The first-order valence-electron chi connectivity index (χ1n) is 12.3. The Labute approximate surface area is 191 Å². The zero-order chi connectivity index (χ0) is 22.7. The second kappa shape index (κ2) is 10.0. The molecule has 0 aliphatic carbocycles. The van der Waals surface area contributed by atoms with Gasteiger partial charge in [-0.15, -0.1) is 0 Å². The molecule has 168 valence electrons. The monoisotopic (exact) mass is 419 g/mol. The first-order valence-corrected chi connectivity index (χ1v) is 12.3. The lowest BCUT2D eigenvalue weighted by molar-refractivity contribution is -0.425. The van der Waals surface area contributed by atoms with Crippen LogP contribution in [0.1, 0.15) is 89.5 Å². The van der Waals surface area contributed by atoms with Gasteiger partial charge in [0.15, 0.2) is 0 Å². The average molecular weight is 420 g/mol. The molecule has 1 aliphatic rings. The van der Waals surface area contributed by atoms with Gasteiger partial charge in [-0.25, -0.2) is 9.48 Å². The van der Waals surface area contributed by atoms with Crippen molar-refractivity contribution in [3.05, 3.63) is 58.7 Å². The Bertz CT molecular complexity index is 864. The van der Waals surface area contributed by atoms with E-state index in [0.717, 1.165) is 25.9 Å². The average Bonchev–Trinajstić information content (AvgIpc) is 3.15. The molecule has 0 saturated heterocycles. The van der Waals surface area contributed by atoms with Crippen LogP contribution in [0.4, 0.5) is 11.4 Å². The van der Waals surface area contributed by atoms with E-state index < -0.39 is 0 Å². The summed E-state index contributed by atoms with van der Waals surface area (Å²) in [6, 6.07) is 13.8. The van der Waals surface area contributed by atoms with Gasteiger partial charge >= 0.3 is 0 Å². The van der Waals surface area contributed by atoms with Crippen LogP contribution in [0.15, 0.2) is 36.4 Å². The second-order valence-electron chi connectivity index (χ2n) is 10.7. The van der Waals surface area contributed by atoms with Crippen LogP contribution in [0.2, 0.25) is 0 Å². The van der Waals surface area contributed by atoms with E-state index in [1.54, 1.807) is 0 Å². The Kier molecular flexibility index (Phi) is 7.62. The molecule has 0 spiro atoms. The van der Waals surface area contributed by atoms with Gasteiger partial charge in [-0.05, 0) is 47.6 Å². The SMILES string of the molecule is CC(C)Cc1cccc(CC(C)C)c1[N+]1=CN(c2c(C(C)C)cccc2C(C)C)CC1. The molecule has 2 nitrogen and oxygen atoms in total. The fraction of sp³-hybridized carbons (Fsp3) is 0.552. The number of benzene rings is 2. The molecule has 0 bridgehead atoms. The molecule has 2 aromatic carbocycles. The lowest BCUT2D eigenvalue weighted by atomic mass is 9.92. The highest BCUT2D eigenvalue weighted by Crippen LogP contribution is 2.37. The van der Waals surface area contributed by atoms with Crippen molar-refractivity contribution in [3.63, 3.8) is 0 Å². The van der Waals surface area contributed by atoms with Crippen LogP contribution in [0.5, 0.6) is 0 Å². The highest BCUT2D eigenvalue weighted by atomic mass is 15.3. The molecule has 3 rings (SSSR count). The van der Waals surface area contributed by atoms with Gasteiger partial charge in [-0.1, -0.05) is 91.8 Å². The van der Waals surface area contributed by atoms with Gasteiger partial charge in [0, 0.05) is 11.1 Å². The summed E-state index contributed by atoms with van der Waals surface area (Å²) in [5, 5.41) is 0. The normalized spacial score (nSPS) is 14.5. The third-order valence-electron chi connectivity index (χ3n) is 6.24. The third kappa shape index (κ3) is 5.40. The highest BCUT2D eigenvalue weighted by Gasteiger charge is 2.30. The van der Waals surface area contributed by atoms with Crippen molar-refractivity contribution in [2.45, 2.75) is 80.1 Å². The van der Waals surface area contributed by atoms with Crippen LogP contribution in [-0.4, -0.2) is 24.0 Å². The maximum atomic E-state index is 2.54. The van der Waals surface area contributed by atoms with Gasteiger partial charge in [0.25, 0.3) is 0 Å². The second-order valence-corrected chi connectivity index (χ2v) is 10.7. The molecule has 0 amide bonds. The summed E-state index contributed by atoms with van der Waals surface area (Å²) in [6.45, 7) is 20.7. The molecule has 0 unspecified atom stereocenters. The van der Waals surface area contributed by atoms with Crippen molar-refractivity contribution in [3.8, 4) is 0 Å². The smallest absolute Gasteiger partial charge is 0.229 e. The molecule has 0 N–H and O–H groups in total. The minimum atomic E-state index is 0.515. The number of nitrogens with zero attached hydrogens (tertiary/aromatic N) is 2. The maximum absolute atomic E-state index is 2.54. The maximum Gasteiger partial charge on any atom is 0.244 e. The molecule has 0 fully saturated rings. The molecule has 0 atom stereocenters. The Morgan fingerprint density at radius 3 is 1.68 bits per heavy atom. The lowest BCUT2D eigenvalue weighted by Crippen LogP contribution is -2.22. The molecule has 2 aromatic rings. The van der Waals surface area contributed by atoms with E-state index in [9.17, 15) is 0 Å². The topological polar surface area (TPSA) is 6.25 Å². The first-order chi connectivity index (χ1) is 14.7. The Morgan fingerprint density at radius 2 is 1.23 bits per heavy atom. The standard InChI is InChI=1S/C29H43N2/c1-20(2)17-24-11-9-12-25(18-21(3)4)28(24)30-15-16-31(19-30)29-26(22(5)6)13-10-14-27(29)23(7)8/h9-14,19-23H,15-18H2,1-8H3/q+1. The van der Waals surface area contributed by atoms with Crippen molar-refractivity contribution in [2.24, 2.45) is 11.8 Å². The molecule has 0 saturated carbocycles. The summed E-state index contributed by atoms with van der Waals surface area (Å²) in [6.07, 6.45) is 4.66. The lowest BCUT2D eigenvalue weighted by Gasteiger charge is -2.20. The van der Waals surface area contributed by atoms with E-state index in [4.69, 9.17) is 0 Å². The number of hydrogen-bond acceptors (Lipinski definition) is 1. The van der Waals surface area contributed by atoms with E-state index >= 15 is 0 Å². The number of rotatable bonds is 8. The van der Waals surface area contributed by atoms with Crippen LogP contribution in [0.25, 0.3) is 0 Å². The molecular weight excluding hydrogens is 376 g/mol. The number of anilines is 1. The van der Waals surface area contributed by atoms with E-state index in [1.165, 1.54) is 33.6 Å². The van der Waals surface area contributed by atoms with Crippen molar-refractivity contribution >= 4 is 17.7 Å². The van der Waals surface area contributed by atoms with Gasteiger partial charge in [-0.3, -0.25) is 0 Å². The molecule has 1 aliphatic heterocycles. The van der Waals surface area contributed by atoms with Crippen LogP contribution in [-0.2, 0) is 12.8 Å². The molecule has 31 heavy (non-hydrogen) atoms. The fourth-order valence-electron chi connectivity index (χ4n) is 4.90. The van der Waals surface area contributed by atoms with Crippen LogP contribution < -0.4 is 4.90 Å². The summed E-state index contributed by atoms with van der Waals surface area (Å²) in [4.78, 5) is 2.52. The summed E-state index contributed by atoms with van der Waals surface area (Å²) in [5.41, 5.74) is 8.80. The Morgan fingerprint density at radius 1 is 0.742 bits per heavy atom. The highest BCUT2D eigenvalue weighted by molar-refractivity contribution is 5.82. The molecule has 0 radical (unpaired) electrons. The minimum Gasteiger partial charge on any atom is -0.229 e. The molecule has 2 heteroatoms. The summed E-state index contributed by atoms with van der Waals surface area (Å²) in [5.74, 6) is 2.34. The first kappa shape index (κ1) is 23.6. The Hall–Kier alpha value is -2.09. The zero-order valence-electron chi connectivity index (χ0n) is 21.1. The van der Waals surface area contributed by atoms with Gasteiger partial charge in [-0.2, -0.15) is 0 Å². The summed E-state index contributed by atoms with van der Waals surface area (Å²) < 4.78 is 2.54. The van der Waals surface area contributed by atoms with E-state index in [0.29, 0.717) is 23.7 Å². The summed E-state index contributed by atoms with van der Waals surface area (Å²) in [7, 11) is 0. The predicted octanol–water partition coefficient (Wildman–Crippen LogP) is 7.52. The molecular formula is C29H43N2+. The zero-order valence-corrected chi connectivity index (χ0v) is 21.1. The third-order valence-corrected chi connectivity index (χ3v) is 6.24. The van der Waals surface area contributed by atoms with Crippen LogP contribution in [0.3, 0.4) is 0 Å². The summed E-state index contributed by atoms with van der Waals surface area (Å²) >= 11 is 0. The van der Waals surface area contributed by atoms with Gasteiger partial charge in [0.1, 0.15) is 24.5 Å². The van der Waals surface area contributed by atoms with E-state index in [-0.39, 0.29) is 0 Å². The van der Waals surface area contributed by atoms with Crippen LogP contribution >= 0.6 is 0 Å². The van der Waals surface area contributed by atoms with Gasteiger partial charge in [0.2, 0.25) is 6.34 Å². The molecule has 0 aromatic heterocycles. The van der Waals surface area contributed by atoms with Crippen molar-refractivity contribution in [1.29, 1.82) is 0 Å². The molecule has 1 heterocycles. The predicted molar refractivity (Wildman–Crippen MR) is 136 cm³/mol.